The fourth-order valence-electron chi connectivity index (χ4n) is 3.34. The zero-order valence-electron chi connectivity index (χ0n) is 16.7. The highest BCUT2D eigenvalue weighted by Gasteiger charge is 2.28. The summed E-state index contributed by atoms with van der Waals surface area (Å²) in [5, 5.41) is 3.17. The molecular formula is C22H23ClFN3O3. The molecule has 1 aliphatic heterocycles. The Morgan fingerprint density at radius 1 is 1.20 bits per heavy atom. The van der Waals surface area contributed by atoms with E-state index < -0.39 is 0 Å². The smallest absolute Gasteiger partial charge is 0.256 e. The van der Waals surface area contributed by atoms with Crippen LogP contribution in [0.3, 0.4) is 0 Å². The SMILES string of the molecule is CCN(CC(=O)NCc1ccc(F)cc1)C(=O)c1ccc(Cl)cc1N1CCCC1=O. The number of rotatable bonds is 7. The maximum absolute atomic E-state index is 13.1. The van der Waals surface area contributed by atoms with Gasteiger partial charge in [-0.3, -0.25) is 14.4 Å². The second-order valence-electron chi connectivity index (χ2n) is 7.03. The fourth-order valence-corrected chi connectivity index (χ4v) is 3.51. The summed E-state index contributed by atoms with van der Waals surface area (Å²) in [6, 6.07) is 10.6. The van der Waals surface area contributed by atoms with E-state index in [2.05, 4.69) is 5.32 Å². The first-order valence-electron chi connectivity index (χ1n) is 9.79. The first kappa shape index (κ1) is 21.8. The minimum Gasteiger partial charge on any atom is -0.350 e. The number of nitrogens with one attached hydrogen (secondary N) is 1. The van der Waals surface area contributed by atoms with Gasteiger partial charge in [-0.2, -0.15) is 0 Å². The summed E-state index contributed by atoms with van der Waals surface area (Å²) in [5.74, 6) is -1.07. The molecule has 2 aromatic rings. The Morgan fingerprint density at radius 2 is 1.93 bits per heavy atom. The van der Waals surface area contributed by atoms with E-state index in [0.29, 0.717) is 35.8 Å². The number of benzene rings is 2. The van der Waals surface area contributed by atoms with Crippen LogP contribution in [0.2, 0.25) is 5.02 Å². The number of nitrogens with zero attached hydrogens (tertiary/aromatic N) is 2. The lowest BCUT2D eigenvalue weighted by Crippen LogP contribution is -2.41. The molecule has 0 atom stereocenters. The van der Waals surface area contributed by atoms with Gasteiger partial charge in [0, 0.05) is 31.1 Å². The lowest BCUT2D eigenvalue weighted by molar-refractivity contribution is -0.122. The standard InChI is InChI=1S/C22H23ClFN3O3/c1-2-26(14-20(28)25-13-15-5-8-17(24)9-6-15)22(30)18-10-7-16(23)12-19(18)27-11-3-4-21(27)29/h5-10,12H,2-4,11,13-14H2,1H3,(H,25,28). The summed E-state index contributed by atoms with van der Waals surface area (Å²) < 4.78 is 13.0. The first-order valence-corrected chi connectivity index (χ1v) is 10.2. The molecule has 1 aliphatic rings. The predicted molar refractivity (Wildman–Crippen MR) is 113 cm³/mol. The normalized spacial score (nSPS) is 13.4. The van der Waals surface area contributed by atoms with Gasteiger partial charge in [0.15, 0.2) is 0 Å². The molecule has 1 saturated heterocycles. The molecule has 0 saturated carbocycles. The molecule has 3 rings (SSSR count). The number of amides is 3. The van der Waals surface area contributed by atoms with Gasteiger partial charge in [0.2, 0.25) is 11.8 Å². The molecule has 0 aliphatic carbocycles. The fraction of sp³-hybridized carbons (Fsp3) is 0.318. The van der Waals surface area contributed by atoms with Gasteiger partial charge in [0.05, 0.1) is 17.8 Å². The highest BCUT2D eigenvalue weighted by atomic mass is 35.5. The summed E-state index contributed by atoms with van der Waals surface area (Å²) in [6.07, 6.45) is 1.16. The van der Waals surface area contributed by atoms with Gasteiger partial charge in [-0.1, -0.05) is 23.7 Å². The van der Waals surface area contributed by atoms with Crippen LogP contribution in [0.15, 0.2) is 42.5 Å². The molecule has 0 spiro atoms. The molecule has 158 valence electrons. The third-order valence-corrected chi connectivity index (χ3v) is 5.20. The molecule has 6 nitrogen and oxygen atoms in total. The van der Waals surface area contributed by atoms with Crippen LogP contribution in [0.25, 0.3) is 0 Å². The van der Waals surface area contributed by atoms with Crippen molar-refractivity contribution in [2.24, 2.45) is 0 Å². The van der Waals surface area contributed by atoms with Crippen molar-refractivity contribution < 1.29 is 18.8 Å². The number of likely N-dealkylation sites (N-methyl/N-ethyl adjacent to an activating group) is 1. The number of hydrogen-bond acceptors (Lipinski definition) is 3. The molecular weight excluding hydrogens is 409 g/mol. The van der Waals surface area contributed by atoms with Crippen LogP contribution < -0.4 is 10.2 Å². The topological polar surface area (TPSA) is 69.7 Å². The lowest BCUT2D eigenvalue weighted by Gasteiger charge is -2.25. The Morgan fingerprint density at radius 3 is 2.57 bits per heavy atom. The van der Waals surface area contributed by atoms with Crippen LogP contribution >= 0.6 is 11.6 Å². The number of hydrogen-bond donors (Lipinski definition) is 1. The summed E-state index contributed by atoms with van der Waals surface area (Å²) in [5.41, 5.74) is 1.56. The molecule has 1 fully saturated rings. The van der Waals surface area contributed by atoms with Crippen LogP contribution in [0, 0.1) is 5.82 Å². The number of halogens is 2. The molecule has 0 radical (unpaired) electrons. The largest absolute Gasteiger partial charge is 0.350 e. The van der Waals surface area contributed by atoms with Crippen LogP contribution in [-0.2, 0) is 16.1 Å². The van der Waals surface area contributed by atoms with E-state index in [1.165, 1.54) is 17.0 Å². The zero-order chi connectivity index (χ0) is 21.7. The molecule has 0 bridgehead atoms. The first-order chi connectivity index (χ1) is 14.4. The summed E-state index contributed by atoms with van der Waals surface area (Å²) in [6.45, 7) is 2.73. The molecule has 1 heterocycles. The van der Waals surface area contributed by atoms with Crippen molar-refractivity contribution in [1.82, 2.24) is 10.2 Å². The Bertz CT molecular complexity index is 949. The molecule has 0 unspecified atom stereocenters. The summed E-state index contributed by atoms with van der Waals surface area (Å²) >= 11 is 6.10. The van der Waals surface area contributed by atoms with Crippen molar-refractivity contribution in [1.29, 1.82) is 0 Å². The monoisotopic (exact) mass is 431 g/mol. The van der Waals surface area contributed by atoms with E-state index in [1.54, 1.807) is 42.2 Å². The van der Waals surface area contributed by atoms with Gasteiger partial charge in [-0.15, -0.1) is 0 Å². The molecule has 2 aromatic carbocycles. The van der Waals surface area contributed by atoms with E-state index in [-0.39, 0.29) is 36.6 Å². The average molecular weight is 432 g/mol. The Kier molecular flexibility index (Phi) is 7.05. The van der Waals surface area contributed by atoms with Crippen molar-refractivity contribution in [3.05, 3.63) is 64.4 Å². The van der Waals surface area contributed by atoms with Crippen molar-refractivity contribution in [3.8, 4) is 0 Å². The van der Waals surface area contributed by atoms with E-state index in [4.69, 9.17) is 11.6 Å². The van der Waals surface area contributed by atoms with Gasteiger partial charge in [-0.25, -0.2) is 4.39 Å². The van der Waals surface area contributed by atoms with Gasteiger partial charge in [-0.05, 0) is 49.2 Å². The van der Waals surface area contributed by atoms with Crippen molar-refractivity contribution in [3.63, 3.8) is 0 Å². The van der Waals surface area contributed by atoms with E-state index in [9.17, 15) is 18.8 Å². The van der Waals surface area contributed by atoms with E-state index >= 15 is 0 Å². The third kappa shape index (κ3) is 5.16. The highest BCUT2D eigenvalue weighted by molar-refractivity contribution is 6.31. The van der Waals surface area contributed by atoms with Crippen molar-refractivity contribution >= 4 is 35.0 Å². The highest BCUT2D eigenvalue weighted by Crippen LogP contribution is 2.29. The lowest BCUT2D eigenvalue weighted by atomic mass is 10.1. The van der Waals surface area contributed by atoms with E-state index in [0.717, 1.165) is 12.0 Å². The second kappa shape index (κ2) is 9.71. The van der Waals surface area contributed by atoms with Gasteiger partial charge >= 0.3 is 0 Å². The third-order valence-electron chi connectivity index (χ3n) is 4.96. The van der Waals surface area contributed by atoms with Gasteiger partial charge in [0.25, 0.3) is 5.91 Å². The van der Waals surface area contributed by atoms with Crippen LogP contribution in [-0.4, -0.2) is 42.3 Å². The minimum atomic E-state index is -0.346. The van der Waals surface area contributed by atoms with Crippen LogP contribution in [0.1, 0.15) is 35.7 Å². The molecule has 30 heavy (non-hydrogen) atoms. The minimum absolute atomic E-state index is 0.0496. The maximum Gasteiger partial charge on any atom is 0.256 e. The van der Waals surface area contributed by atoms with Gasteiger partial charge < -0.3 is 15.1 Å². The predicted octanol–water partition coefficient (Wildman–Crippen LogP) is 3.38. The molecule has 8 heteroatoms. The molecule has 0 aromatic heterocycles. The Balaban J connectivity index is 1.70. The van der Waals surface area contributed by atoms with Gasteiger partial charge in [0.1, 0.15) is 5.82 Å². The van der Waals surface area contributed by atoms with Crippen molar-refractivity contribution in [2.45, 2.75) is 26.3 Å². The van der Waals surface area contributed by atoms with E-state index in [1.807, 2.05) is 0 Å². The average Bonchev–Trinajstić information content (AvgIpc) is 3.16. The molecule has 1 N–H and O–H groups in total. The number of anilines is 1. The number of carbonyl (C=O) groups excluding carboxylic acids is 3. The van der Waals surface area contributed by atoms with Crippen LogP contribution in [0.5, 0.6) is 0 Å². The molecule has 3 amide bonds. The summed E-state index contributed by atoms with van der Waals surface area (Å²) in [4.78, 5) is 40.7. The number of carbonyl (C=O) groups is 3. The Hall–Kier alpha value is -2.93. The summed E-state index contributed by atoms with van der Waals surface area (Å²) in [7, 11) is 0. The van der Waals surface area contributed by atoms with Crippen LogP contribution in [0.4, 0.5) is 10.1 Å². The zero-order valence-corrected chi connectivity index (χ0v) is 17.4. The quantitative estimate of drug-likeness (QED) is 0.730. The Labute approximate surface area is 179 Å². The van der Waals surface area contributed by atoms with Crippen molar-refractivity contribution in [2.75, 3.05) is 24.5 Å². The maximum atomic E-state index is 13.1. The second-order valence-corrected chi connectivity index (χ2v) is 7.47.